The van der Waals surface area contributed by atoms with E-state index in [1.165, 1.54) is 0 Å². The second-order valence-corrected chi connectivity index (χ2v) is 4.53. The maximum atomic E-state index is 12.0. The fourth-order valence-electron chi connectivity index (χ4n) is 1.84. The normalized spacial score (nSPS) is 23.4. The van der Waals surface area contributed by atoms with Gasteiger partial charge in [0.2, 0.25) is 5.91 Å². The summed E-state index contributed by atoms with van der Waals surface area (Å²) >= 11 is 0. The Hall–Kier alpha value is -2.17. The number of hydrogen-bond donors (Lipinski definition) is 2. The van der Waals surface area contributed by atoms with Crippen molar-refractivity contribution in [2.45, 2.75) is 25.3 Å². The van der Waals surface area contributed by atoms with Crippen molar-refractivity contribution in [3.05, 3.63) is 35.9 Å². The molecule has 5 heteroatoms. The smallest absolute Gasteiger partial charge is 0.252 e. The summed E-state index contributed by atoms with van der Waals surface area (Å²) in [5, 5.41) is 4.91. The molecule has 1 aliphatic heterocycles. The van der Waals surface area contributed by atoms with Gasteiger partial charge in [0.15, 0.2) is 0 Å². The molecule has 5 nitrogen and oxygen atoms in total. The molecule has 1 atom stereocenters. The number of nitrogens with one attached hydrogen (secondary N) is 2. The first-order valence-corrected chi connectivity index (χ1v) is 5.73. The Bertz CT molecular complexity index is 498. The monoisotopic (exact) mass is 246 g/mol. The van der Waals surface area contributed by atoms with E-state index in [0.717, 1.165) is 0 Å². The van der Waals surface area contributed by atoms with Gasteiger partial charge in [-0.3, -0.25) is 19.7 Å². The molecule has 1 aliphatic rings. The molecule has 94 valence electrons. The summed E-state index contributed by atoms with van der Waals surface area (Å²) in [5.74, 6) is -1.07. The second-order valence-electron chi connectivity index (χ2n) is 4.53. The summed E-state index contributed by atoms with van der Waals surface area (Å²) in [6.45, 7) is 1.62. The fourth-order valence-corrected chi connectivity index (χ4v) is 1.84. The van der Waals surface area contributed by atoms with Crippen molar-refractivity contribution in [2.75, 3.05) is 0 Å². The SMILES string of the molecule is CC1(NC(=O)c2ccccc2)CCC(=O)NC1=O. The summed E-state index contributed by atoms with van der Waals surface area (Å²) in [6.07, 6.45) is 0.549. The van der Waals surface area contributed by atoms with E-state index < -0.39 is 11.4 Å². The highest BCUT2D eigenvalue weighted by Gasteiger charge is 2.39. The Morgan fingerprint density at radius 3 is 2.56 bits per heavy atom. The largest absolute Gasteiger partial charge is 0.338 e. The van der Waals surface area contributed by atoms with Crippen LogP contribution in [0, 0.1) is 0 Å². The predicted molar refractivity (Wildman–Crippen MR) is 64.7 cm³/mol. The van der Waals surface area contributed by atoms with E-state index in [-0.39, 0.29) is 18.2 Å². The van der Waals surface area contributed by atoms with E-state index in [1.54, 1.807) is 31.2 Å². The average Bonchev–Trinajstić information content (AvgIpc) is 2.36. The Morgan fingerprint density at radius 2 is 1.94 bits per heavy atom. The van der Waals surface area contributed by atoms with Gasteiger partial charge in [0, 0.05) is 12.0 Å². The van der Waals surface area contributed by atoms with E-state index in [1.807, 2.05) is 6.07 Å². The molecule has 1 aromatic rings. The van der Waals surface area contributed by atoms with Crippen molar-refractivity contribution >= 4 is 17.7 Å². The van der Waals surface area contributed by atoms with Gasteiger partial charge in [-0.2, -0.15) is 0 Å². The Kier molecular flexibility index (Phi) is 3.14. The molecule has 1 aromatic carbocycles. The van der Waals surface area contributed by atoms with Gasteiger partial charge in [-0.25, -0.2) is 0 Å². The summed E-state index contributed by atoms with van der Waals surface area (Å²) in [7, 11) is 0. The Morgan fingerprint density at radius 1 is 1.28 bits per heavy atom. The highest BCUT2D eigenvalue weighted by atomic mass is 16.2. The molecule has 1 heterocycles. The lowest BCUT2D eigenvalue weighted by molar-refractivity contribution is -0.137. The third-order valence-corrected chi connectivity index (χ3v) is 3.03. The van der Waals surface area contributed by atoms with Gasteiger partial charge in [-0.1, -0.05) is 18.2 Å². The van der Waals surface area contributed by atoms with Gasteiger partial charge >= 0.3 is 0 Å². The van der Waals surface area contributed by atoms with Crippen LogP contribution in [0.5, 0.6) is 0 Å². The average molecular weight is 246 g/mol. The standard InChI is InChI=1S/C13H14N2O3/c1-13(8-7-10(16)14-12(13)18)15-11(17)9-5-3-2-4-6-9/h2-6H,7-8H2,1H3,(H,15,17)(H,14,16,18). The quantitative estimate of drug-likeness (QED) is 0.751. The van der Waals surface area contributed by atoms with Crippen LogP contribution in [0.4, 0.5) is 0 Å². The Balaban J connectivity index is 2.11. The van der Waals surface area contributed by atoms with Gasteiger partial charge in [0.1, 0.15) is 5.54 Å². The van der Waals surface area contributed by atoms with Gasteiger partial charge in [0.25, 0.3) is 11.8 Å². The molecule has 0 aromatic heterocycles. The lowest BCUT2D eigenvalue weighted by Gasteiger charge is -2.32. The van der Waals surface area contributed by atoms with Crippen LogP contribution in [0.15, 0.2) is 30.3 Å². The summed E-state index contributed by atoms with van der Waals surface area (Å²) in [6, 6.07) is 8.66. The van der Waals surface area contributed by atoms with E-state index in [9.17, 15) is 14.4 Å². The van der Waals surface area contributed by atoms with Crippen LogP contribution in [-0.4, -0.2) is 23.3 Å². The van der Waals surface area contributed by atoms with Crippen molar-refractivity contribution < 1.29 is 14.4 Å². The van der Waals surface area contributed by atoms with E-state index in [4.69, 9.17) is 0 Å². The van der Waals surface area contributed by atoms with Crippen molar-refractivity contribution in [2.24, 2.45) is 0 Å². The molecule has 0 spiro atoms. The van der Waals surface area contributed by atoms with Gasteiger partial charge in [-0.15, -0.1) is 0 Å². The molecular weight excluding hydrogens is 232 g/mol. The first kappa shape index (κ1) is 12.3. The molecular formula is C13H14N2O3. The van der Waals surface area contributed by atoms with E-state index >= 15 is 0 Å². The van der Waals surface area contributed by atoms with Crippen molar-refractivity contribution in [1.82, 2.24) is 10.6 Å². The third-order valence-electron chi connectivity index (χ3n) is 3.03. The van der Waals surface area contributed by atoms with Crippen LogP contribution in [0.2, 0.25) is 0 Å². The highest BCUT2D eigenvalue weighted by molar-refractivity contribution is 6.05. The number of imide groups is 1. The van der Waals surface area contributed by atoms with Crippen LogP contribution in [-0.2, 0) is 9.59 Å². The van der Waals surface area contributed by atoms with Crippen LogP contribution in [0.1, 0.15) is 30.1 Å². The van der Waals surface area contributed by atoms with Crippen LogP contribution in [0.3, 0.4) is 0 Å². The predicted octanol–water partition coefficient (Wildman–Crippen LogP) is 0.612. The van der Waals surface area contributed by atoms with Crippen molar-refractivity contribution in [1.29, 1.82) is 0 Å². The number of piperidine rings is 1. The number of rotatable bonds is 2. The third kappa shape index (κ3) is 2.40. The molecule has 3 amide bonds. The molecule has 0 aliphatic carbocycles. The first-order valence-electron chi connectivity index (χ1n) is 5.73. The van der Waals surface area contributed by atoms with Gasteiger partial charge in [0.05, 0.1) is 0 Å². The van der Waals surface area contributed by atoms with E-state index in [0.29, 0.717) is 12.0 Å². The van der Waals surface area contributed by atoms with Gasteiger partial charge in [-0.05, 0) is 25.5 Å². The topological polar surface area (TPSA) is 75.3 Å². The number of benzene rings is 1. The second kappa shape index (κ2) is 4.60. The fraction of sp³-hybridized carbons (Fsp3) is 0.308. The molecule has 0 radical (unpaired) electrons. The number of amides is 3. The molecule has 2 rings (SSSR count). The lowest BCUT2D eigenvalue weighted by Crippen LogP contribution is -2.61. The van der Waals surface area contributed by atoms with Crippen LogP contribution < -0.4 is 10.6 Å². The number of hydrogen-bond acceptors (Lipinski definition) is 3. The first-order chi connectivity index (χ1) is 8.51. The highest BCUT2D eigenvalue weighted by Crippen LogP contribution is 2.18. The molecule has 1 fully saturated rings. The van der Waals surface area contributed by atoms with Crippen LogP contribution in [0.25, 0.3) is 0 Å². The minimum absolute atomic E-state index is 0.233. The maximum Gasteiger partial charge on any atom is 0.252 e. The zero-order chi connectivity index (χ0) is 13.2. The molecule has 2 N–H and O–H groups in total. The van der Waals surface area contributed by atoms with Gasteiger partial charge < -0.3 is 5.32 Å². The zero-order valence-electron chi connectivity index (χ0n) is 10.0. The molecule has 1 saturated heterocycles. The number of carbonyl (C=O) groups is 3. The molecule has 18 heavy (non-hydrogen) atoms. The Labute approximate surface area is 105 Å². The molecule has 0 bridgehead atoms. The maximum absolute atomic E-state index is 12.0. The lowest BCUT2D eigenvalue weighted by atomic mass is 9.90. The summed E-state index contributed by atoms with van der Waals surface area (Å²) in [5.41, 5.74) is -0.538. The van der Waals surface area contributed by atoms with Crippen molar-refractivity contribution in [3.8, 4) is 0 Å². The summed E-state index contributed by atoms with van der Waals surface area (Å²) < 4.78 is 0. The number of carbonyl (C=O) groups excluding carboxylic acids is 3. The van der Waals surface area contributed by atoms with Crippen LogP contribution >= 0.6 is 0 Å². The van der Waals surface area contributed by atoms with E-state index in [2.05, 4.69) is 10.6 Å². The minimum atomic E-state index is -1.03. The zero-order valence-corrected chi connectivity index (χ0v) is 10.0. The molecule has 1 unspecified atom stereocenters. The summed E-state index contributed by atoms with van der Waals surface area (Å²) in [4.78, 5) is 34.8. The minimum Gasteiger partial charge on any atom is -0.338 e. The van der Waals surface area contributed by atoms with Crippen molar-refractivity contribution in [3.63, 3.8) is 0 Å². The molecule has 0 saturated carbocycles.